The third kappa shape index (κ3) is 3.30. The van der Waals surface area contributed by atoms with Crippen molar-refractivity contribution < 1.29 is 4.39 Å². The van der Waals surface area contributed by atoms with Crippen molar-refractivity contribution in [3.63, 3.8) is 0 Å². The van der Waals surface area contributed by atoms with Crippen molar-refractivity contribution in [2.24, 2.45) is 5.92 Å². The van der Waals surface area contributed by atoms with E-state index in [1.807, 2.05) is 0 Å². The molecule has 2 unspecified atom stereocenters. The van der Waals surface area contributed by atoms with Gasteiger partial charge in [0.25, 0.3) is 0 Å². The van der Waals surface area contributed by atoms with Gasteiger partial charge in [0.05, 0.1) is 0 Å². The Balaban J connectivity index is 2.05. The van der Waals surface area contributed by atoms with Crippen LogP contribution in [0.5, 0.6) is 0 Å². The van der Waals surface area contributed by atoms with E-state index < -0.39 is 0 Å². The zero-order valence-corrected chi connectivity index (χ0v) is 12.2. The van der Waals surface area contributed by atoms with Crippen LogP contribution in [0, 0.1) is 11.7 Å². The normalized spacial score (nSPS) is 25.7. The first-order valence-corrected chi connectivity index (χ1v) is 7.44. The van der Waals surface area contributed by atoms with Gasteiger partial charge in [-0.1, -0.05) is 44.7 Å². The van der Waals surface area contributed by atoms with Gasteiger partial charge in [0.1, 0.15) is 5.82 Å². The van der Waals surface area contributed by atoms with Crippen LogP contribution in [0.1, 0.15) is 31.2 Å². The molecule has 3 heteroatoms. The zero-order chi connectivity index (χ0) is 11.5. The van der Waals surface area contributed by atoms with Crippen molar-refractivity contribution in [2.45, 2.75) is 36.9 Å². The third-order valence-corrected chi connectivity index (χ3v) is 4.84. The second-order valence-corrected chi connectivity index (χ2v) is 6.72. The van der Waals surface area contributed by atoms with Crippen LogP contribution in [0.3, 0.4) is 0 Å². The predicted molar refractivity (Wildman–Crippen MR) is 72.5 cm³/mol. The van der Waals surface area contributed by atoms with E-state index in [4.69, 9.17) is 0 Å². The lowest BCUT2D eigenvalue weighted by Crippen LogP contribution is -2.17. The molecule has 1 aromatic rings. The van der Waals surface area contributed by atoms with Crippen molar-refractivity contribution in [1.29, 1.82) is 0 Å². The highest BCUT2D eigenvalue weighted by Gasteiger charge is 2.20. The Hall–Kier alpha value is 0.110. The van der Waals surface area contributed by atoms with Crippen molar-refractivity contribution >= 4 is 31.9 Å². The van der Waals surface area contributed by atoms with Gasteiger partial charge < -0.3 is 0 Å². The monoisotopic (exact) mass is 348 g/mol. The van der Waals surface area contributed by atoms with Crippen molar-refractivity contribution in [3.05, 3.63) is 34.1 Å². The molecule has 1 aliphatic rings. The largest absolute Gasteiger partial charge is 0.207 e. The first-order valence-electron chi connectivity index (χ1n) is 5.73. The molecule has 1 aromatic carbocycles. The number of halogens is 3. The second-order valence-electron chi connectivity index (χ2n) is 4.57. The molecule has 0 radical (unpaired) electrons. The molecule has 0 N–H and O–H groups in total. The van der Waals surface area contributed by atoms with Gasteiger partial charge in [0.2, 0.25) is 0 Å². The fourth-order valence-corrected chi connectivity index (χ4v) is 3.68. The maximum absolute atomic E-state index is 13.1. The van der Waals surface area contributed by atoms with E-state index in [2.05, 4.69) is 31.9 Å². The number of alkyl halides is 1. The summed E-state index contributed by atoms with van der Waals surface area (Å²) in [5, 5.41) is 0. The molecule has 0 nitrogen and oxygen atoms in total. The molecule has 2 rings (SSSR count). The highest BCUT2D eigenvalue weighted by molar-refractivity contribution is 9.10. The number of benzene rings is 1. The molecule has 16 heavy (non-hydrogen) atoms. The fourth-order valence-electron chi connectivity index (χ4n) is 2.42. The Morgan fingerprint density at radius 1 is 1.31 bits per heavy atom. The van der Waals surface area contributed by atoms with Crippen LogP contribution in [-0.4, -0.2) is 4.83 Å². The smallest absolute Gasteiger partial charge is 0.123 e. The minimum Gasteiger partial charge on any atom is -0.207 e. The zero-order valence-electron chi connectivity index (χ0n) is 9.06. The van der Waals surface area contributed by atoms with Gasteiger partial charge in [-0.25, -0.2) is 4.39 Å². The summed E-state index contributed by atoms with van der Waals surface area (Å²) >= 11 is 7.18. The van der Waals surface area contributed by atoms with E-state index in [9.17, 15) is 4.39 Å². The summed E-state index contributed by atoms with van der Waals surface area (Å²) in [7, 11) is 0. The molecule has 0 bridgehead atoms. The Kier molecular flexibility index (Phi) is 4.42. The molecule has 0 aliphatic heterocycles. The molecule has 1 fully saturated rings. The van der Waals surface area contributed by atoms with Gasteiger partial charge >= 0.3 is 0 Å². The van der Waals surface area contributed by atoms with Crippen molar-refractivity contribution in [1.82, 2.24) is 0 Å². The lowest BCUT2D eigenvalue weighted by molar-refractivity contribution is 0.367. The van der Waals surface area contributed by atoms with Gasteiger partial charge in [-0.15, -0.1) is 0 Å². The molecular formula is C13H15Br2F. The molecule has 0 spiro atoms. The minimum absolute atomic E-state index is 0.135. The van der Waals surface area contributed by atoms with Crippen LogP contribution in [0.2, 0.25) is 0 Å². The fraction of sp³-hybridized carbons (Fsp3) is 0.538. The van der Waals surface area contributed by atoms with Crippen LogP contribution in [0.25, 0.3) is 0 Å². The Morgan fingerprint density at radius 3 is 2.88 bits per heavy atom. The SMILES string of the molecule is Fc1ccc(Br)c(CC2CCCC(Br)C2)c1. The molecule has 88 valence electrons. The molecule has 0 saturated heterocycles. The van der Waals surface area contributed by atoms with E-state index in [1.54, 1.807) is 12.1 Å². The van der Waals surface area contributed by atoms with Crippen LogP contribution in [0.15, 0.2) is 22.7 Å². The second kappa shape index (κ2) is 5.63. The molecule has 0 amide bonds. The average molecular weight is 350 g/mol. The molecule has 1 saturated carbocycles. The first-order chi connectivity index (χ1) is 7.65. The van der Waals surface area contributed by atoms with Crippen molar-refractivity contribution in [2.75, 3.05) is 0 Å². The summed E-state index contributed by atoms with van der Waals surface area (Å²) in [6.07, 6.45) is 6.03. The molecular weight excluding hydrogens is 335 g/mol. The quantitative estimate of drug-likeness (QED) is 0.653. The molecule has 0 heterocycles. The summed E-state index contributed by atoms with van der Waals surface area (Å²) in [4.78, 5) is 0.651. The average Bonchev–Trinajstić information content (AvgIpc) is 2.24. The summed E-state index contributed by atoms with van der Waals surface area (Å²) in [6.45, 7) is 0. The van der Waals surface area contributed by atoms with Gasteiger partial charge in [0.15, 0.2) is 0 Å². The summed E-state index contributed by atoms with van der Waals surface area (Å²) in [6, 6.07) is 4.96. The van der Waals surface area contributed by atoms with Crippen LogP contribution in [0.4, 0.5) is 4.39 Å². The maximum Gasteiger partial charge on any atom is 0.123 e. The Bertz CT molecular complexity index is 365. The van der Waals surface area contributed by atoms with E-state index in [1.165, 1.54) is 31.7 Å². The summed E-state index contributed by atoms with van der Waals surface area (Å²) in [5.41, 5.74) is 1.10. The topological polar surface area (TPSA) is 0 Å². The van der Waals surface area contributed by atoms with Crippen LogP contribution < -0.4 is 0 Å². The number of hydrogen-bond acceptors (Lipinski definition) is 0. The van der Waals surface area contributed by atoms with Gasteiger partial charge in [-0.2, -0.15) is 0 Å². The Morgan fingerprint density at radius 2 is 2.12 bits per heavy atom. The number of rotatable bonds is 2. The van der Waals surface area contributed by atoms with Crippen molar-refractivity contribution in [3.8, 4) is 0 Å². The summed E-state index contributed by atoms with van der Waals surface area (Å²) in [5.74, 6) is 0.556. The highest BCUT2D eigenvalue weighted by Crippen LogP contribution is 2.32. The Labute approximate surface area is 113 Å². The lowest BCUT2D eigenvalue weighted by Gasteiger charge is -2.26. The van der Waals surface area contributed by atoms with Crippen LogP contribution >= 0.6 is 31.9 Å². The van der Waals surface area contributed by atoms with Gasteiger partial charge in [-0.3, -0.25) is 0 Å². The van der Waals surface area contributed by atoms with E-state index in [0.29, 0.717) is 10.7 Å². The van der Waals surface area contributed by atoms with E-state index in [-0.39, 0.29) is 5.82 Å². The third-order valence-electron chi connectivity index (χ3n) is 3.24. The highest BCUT2D eigenvalue weighted by atomic mass is 79.9. The molecule has 2 atom stereocenters. The van der Waals surface area contributed by atoms with E-state index >= 15 is 0 Å². The minimum atomic E-state index is -0.135. The van der Waals surface area contributed by atoms with Gasteiger partial charge in [0, 0.05) is 9.30 Å². The standard InChI is InChI=1S/C13H15Br2F/c14-11-3-1-2-9(7-11)6-10-8-12(16)4-5-13(10)15/h4-5,8-9,11H,1-3,6-7H2. The predicted octanol–water partition coefficient (Wildman–Crippen LogP) is 5.08. The van der Waals surface area contributed by atoms with E-state index in [0.717, 1.165) is 16.5 Å². The molecule has 1 aliphatic carbocycles. The maximum atomic E-state index is 13.1. The number of hydrogen-bond donors (Lipinski definition) is 0. The van der Waals surface area contributed by atoms with Crippen LogP contribution in [-0.2, 0) is 6.42 Å². The first kappa shape index (κ1) is 12.6. The summed E-state index contributed by atoms with van der Waals surface area (Å²) < 4.78 is 14.2. The lowest BCUT2D eigenvalue weighted by atomic mass is 9.85. The van der Waals surface area contributed by atoms with Gasteiger partial charge in [-0.05, 0) is 48.9 Å². The molecule has 0 aromatic heterocycles.